The van der Waals surface area contributed by atoms with Crippen molar-refractivity contribution in [3.63, 3.8) is 0 Å². The van der Waals surface area contributed by atoms with Crippen LogP contribution in [0.2, 0.25) is 5.02 Å². The van der Waals surface area contributed by atoms with Gasteiger partial charge in [0, 0.05) is 16.5 Å². The van der Waals surface area contributed by atoms with E-state index in [9.17, 15) is 17.6 Å². The zero-order valence-electron chi connectivity index (χ0n) is 11.4. The maximum Gasteiger partial charge on any atom is 0.433 e. The van der Waals surface area contributed by atoms with E-state index in [-0.39, 0.29) is 22.0 Å². The minimum atomic E-state index is -4.63. The second kappa shape index (κ2) is 5.70. The van der Waals surface area contributed by atoms with Crippen LogP contribution < -0.4 is 4.74 Å². The Labute approximate surface area is 133 Å². The van der Waals surface area contributed by atoms with Crippen LogP contribution in [-0.4, -0.2) is 4.98 Å². The molecule has 1 aromatic heterocycles. The van der Waals surface area contributed by atoms with Crippen LogP contribution in [0.25, 0.3) is 10.9 Å². The van der Waals surface area contributed by atoms with Crippen molar-refractivity contribution in [3.05, 3.63) is 65.1 Å². The van der Waals surface area contributed by atoms with E-state index >= 15 is 0 Å². The number of aromatic nitrogens is 1. The molecule has 3 rings (SSSR count). The predicted octanol–water partition coefficient (Wildman–Crippen LogP) is 5.84. The molecule has 118 valence electrons. The molecule has 0 fully saturated rings. The molecule has 1 heterocycles. The van der Waals surface area contributed by atoms with E-state index in [4.69, 9.17) is 16.3 Å². The van der Waals surface area contributed by atoms with Gasteiger partial charge in [-0.15, -0.1) is 0 Å². The van der Waals surface area contributed by atoms with Gasteiger partial charge in [0.2, 0.25) is 0 Å². The highest BCUT2D eigenvalue weighted by Gasteiger charge is 2.33. The monoisotopic (exact) mass is 341 g/mol. The smallest absolute Gasteiger partial charge is 0.433 e. The van der Waals surface area contributed by atoms with Gasteiger partial charge in [0.05, 0.1) is 5.52 Å². The van der Waals surface area contributed by atoms with Gasteiger partial charge in [-0.05, 0) is 42.5 Å². The van der Waals surface area contributed by atoms with Gasteiger partial charge in [-0.25, -0.2) is 9.37 Å². The molecule has 0 bridgehead atoms. The summed E-state index contributed by atoms with van der Waals surface area (Å²) in [5.41, 5.74) is -1.03. The van der Waals surface area contributed by atoms with Crippen LogP contribution in [0, 0.1) is 5.82 Å². The average Bonchev–Trinajstić information content (AvgIpc) is 2.48. The van der Waals surface area contributed by atoms with Crippen molar-refractivity contribution in [2.45, 2.75) is 6.18 Å². The molecule has 0 N–H and O–H groups in total. The number of alkyl halides is 3. The first kappa shape index (κ1) is 15.6. The van der Waals surface area contributed by atoms with E-state index < -0.39 is 17.7 Å². The van der Waals surface area contributed by atoms with Crippen LogP contribution in [0.1, 0.15) is 5.69 Å². The van der Waals surface area contributed by atoms with Gasteiger partial charge in [-0.3, -0.25) is 0 Å². The normalized spacial score (nSPS) is 11.7. The number of fused-ring (bicyclic) bond motifs is 1. The Bertz CT molecular complexity index is 862. The van der Waals surface area contributed by atoms with Crippen molar-refractivity contribution in [2.24, 2.45) is 0 Å². The number of pyridine rings is 1. The molecule has 0 amide bonds. The number of halogens is 5. The number of hydrogen-bond acceptors (Lipinski definition) is 2. The fourth-order valence-electron chi connectivity index (χ4n) is 2.03. The van der Waals surface area contributed by atoms with Gasteiger partial charge in [0.15, 0.2) is 0 Å². The first-order valence-electron chi connectivity index (χ1n) is 6.44. The minimum Gasteiger partial charge on any atom is -0.457 e. The molecule has 0 spiro atoms. The van der Waals surface area contributed by atoms with E-state index in [1.807, 2.05) is 0 Å². The third-order valence-electron chi connectivity index (χ3n) is 3.07. The standard InChI is InChI=1S/C16H8ClF4NO/c17-9-1-6-12-13(7-9)22-15(16(19,20)21)8-14(12)23-11-4-2-10(18)3-5-11/h1-8H. The highest BCUT2D eigenvalue weighted by molar-refractivity contribution is 6.31. The zero-order valence-corrected chi connectivity index (χ0v) is 12.1. The van der Waals surface area contributed by atoms with Gasteiger partial charge in [0.25, 0.3) is 0 Å². The predicted molar refractivity (Wildman–Crippen MR) is 78.2 cm³/mol. The van der Waals surface area contributed by atoms with Gasteiger partial charge in [-0.2, -0.15) is 13.2 Å². The fraction of sp³-hybridized carbons (Fsp3) is 0.0625. The highest BCUT2D eigenvalue weighted by atomic mass is 35.5. The third kappa shape index (κ3) is 3.37. The van der Waals surface area contributed by atoms with Crippen molar-refractivity contribution >= 4 is 22.5 Å². The Morgan fingerprint density at radius 2 is 1.65 bits per heavy atom. The summed E-state index contributed by atoms with van der Waals surface area (Å²) in [5, 5.41) is 0.629. The van der Waals surface area contributed by atoms with Crippen LogP contribution in [0.4, 0.5) is 17.6 Å². The topological polar surface area (TPSA) is 22.1 Å². The van der Waals surface area contributed by atoms with Crippen LogP contribution >= 0.6 is 11.6 Å². The minimum absolute atomic E-state index is 0.0365. The van der Waals surface area contributed by atoms with E-state index in [0.29, 0.717) is 5.39 Å². The van der Waals surface area contributed by atoms with Crippen LogP contribution in [0.5, 0.6) is 11.5 Å². The zero-order chi connectivity index (χ0) is 16.6. The maximum absolute atomic E-state index is 13.0. The lowest BCUT2D eigenvalue weighted by atomic mass is 10.1. The Hall–Kier alpha value is -2.34. The van der Waals surface area contributed by atoms with Crippen molar-refractivity contribution in [1.82, 2.24) is 4.98 Å². The van der Waals surface area contributed by atoms with Gasteiger partial charge in [-0.1, -0.05) is 11.6 Å². The molecule has 2 aromatic carbocycles. The molecule has 0 saturated heterocycles. The quantitative estimate of drug-likeness (QED) is 0.546. The molecule has 0 aliphatic rings. The second-order valence-electron chi connectivity index (χ2n) is 4.72. The summed E-state index contributed by atoms with van der Waals surface area (Å²) in [4.78, 5) is 3.57. The first-order chi connectivity index (χ1) is 10.8. The summed E-state index contributed by atoms with van der Waals surface area (Å²) in [7, 11) is 0. The molecule has 2 nitrogen and oxygen atoms in total. The van der Waals surface area contributed by atoms with Gasteiger partial charge >= 0.3 is 6.18 Å². The molecular formula is C16H8ClF4NO. The Morgan fingerprint density at radius 3 is 2.30 bits per heavy atom. The lowest BCUT2D eigenvalue weighted by molar-refractivity contribution is -0.141. The first-order valence-corrected chi connectivity index (χ1v) is 6.82. The Kier molecular flexibility index (Phi) is 3.85. The Balaban J connectivity index is 2.15. The number of ether oxygens (including phenoxy) is 1. The Morgan fingerprint density at radius 1 is 0.957 bits per heavy atom. The molecule has 7 heteroatoms. The number of rotatable bonds is 2. The number of hydrogen-bond donors (Lipinski definition) is 0. The van der Waals surface area contributed by atoms with Crippen molar-refractivity contribution in [1.29, 1.82) is 0 Å². The fourth-order valence-corrected chi connectivity index (χ4v) is 2.20. The third-order valence-corrected chi connectivity index (χ3v) is 3.30. The molecular weight excluding hydrogens is 334 g/mol. The van der Waals surface area contributed by atoms with Crippen LogP contribution in [-0.2, 0) is 6.18 Å². The SMILES string of the molecule is Fc1ccc(Oc2cc(C(F)(F)F)nc3cc(Cl)ccc23)cc1. The molecule has 3 aromatic rings. The summed E-state index contributed by atoms with van der Waals surface area (Å²) in [6.45, 7) is 0. The molecule has 23 heavy (non-hydrogen) atoms. The highest BCUT2D eigenvalue weighted by Crippen LogP contribution is 2.36. The van der Waals surface area contributed by atoms with E-state index in [1.165, 1.54) is 30.3 Å². The molecule has 0 unspecified atom stereocenters. The van der Waals surface area contributed by atoms with E-state index in [1.54, 1.807) is 0 Å². The summed E-state index contributed by atoms with van der Waals surface area (Å²) < 4.78 is 57.3. The van der Waals surface area contributed by atoms with Gasteiger partial charge < -0.3 is 4.74 Å². The van der Waals surface area contributed by atoms with Gasteiger partial charge in [0.1, 0.15) is 23.0 Å². The summed E-state index contributed by atoms with van der Waals surface area (Å²) in [6, 6.07) is 10.1. The largest absolute Gasteiger partial charge is 0.457 e. The summed E-state index contributed by atoms with van der Waals surface area (Å²) in [6.07, 6.45) is -4.63. The maximum atomic E-state index is 13.0. The summed E-state index contributed by atoms with van der Waals surface area (Å²) >= 11 is 5.81. The number of benzene rings is 2. The average molecular weight is 342 g/mol. The second-order valence-corrected chi connectivity index (χ2v) is 5.16. The molecule has 0 aliphatic heterocycles. The summed E-state index contributed by atoms with van der Waals surface area (Å²) in [5.74, 6) is -0.299. The van der Waals surface area contributed by atoms with Crippen LogP contribution in [0.3, 0.4) is 0 Å². The molecule has 0 saturated carbocycles. The van der Waals surface area contributed by atoms with E-state index in [0.717, 1.165) is 18.2 Å². The van der Waals surface area contributed by atoms with Crippen molar-refractivity contribution in [3.8, 4) is 11.5 Å². The van der Waals surface area contributed by atoms with Crippen LogP contribution in [0.15, 0.2) is 48.5 Å². The van der Waals surface area contributed by atoms with E-state index in [2.05, 4.69) is 4.98 Å². The molecule has 0 atom stereocenters. The van der Waals surface area contributed by atoms with Crippen molar-refractivity contribution < 1.29 is 22.3 Å². The lowest BCUT2D eigenvalue weighted by Gasteiger charge is -2.13. The van der Waals surface area contributed by atoms with Crippen molar-refractivity contribution in [2.75, 3.05) is 0 Å². The number of nitrogens with zero attached hydrogens (tertiary/aromatic N) is 1. The lowest BCUT2D eigenvalue weighted by Crippen LogP contribution is -2.08. The molecule has 0 aliphatic carbocycles. The molecule has 0 radical (unpaired) electrons.